The Kier molecular flexibility index (Phi) is 10.6. The lowest BCUT2D eigenvalue weighted by atomic mass is 10.0. The molecule has 2 nitrogen and oxygen atoms in total. The molecule has 0 N–H and O–H groups in total. The summed E-state index contributed by atoms with van der Waals surface area (Å²) in [5, 5.41) is 0. The first-order valence-corrected chi connectivity index (χ1v) is 6.80. The van der Waals surface area contributed by atoms with Gasteiger partial charge >= 0.3 is 5.97 Å². The largest absolute Gasteiger partial charge is 0.469 e. The zero-order valence-electron chi connectivity index (χ0n) is 11.3. The standard InChI is InChI=1S/C14H28O2/c1-4-5-6-7-8-9-10-11-12-13(2)14(15)16-3/h13H,4-12H2,1-3H3. The molecule has 0 fully saturated rings. The second-order valence-electron chi connectivity index (χ2n) is 4.69. The van der Waals surface area contributed by atoms with Gasteiger partial charge in [-0.2, -0.15) is 0 Å². The number of hydrogen-bond donors (Lipinski definition) is 0. The first-order valence-electron chi connectivity index (χ1n) is 6.80. The van der Waals surface area contributed by atoms with Gasteiger partial charge in [-0.3, -0.25) is 4.79 Å². The van der Waals surface area contributed by atoms with Crippen molar-refractivity contribution in [3.05, 3.63) is 0 Å². The molecule has 0 radical (unpaired) electrons. The molecule has 96 valence electrons. The first-order chi connectivity index (χ1) is 7.72. The topological polar surface area (TPSA) is 26.3 Å². The van der Waals surface area contributed by atoms with Gasteiger partial charge in [-0.15, -0.1) is 0 Å². The number of unbranched alkanes of at least 4 members (excludes halogenated alkanes) is 7. The van der Waals surface area contributed by atoms with Gasteiger partial charge in [0, 0.05) is 0 Å². The minimum absolute atomic E-state index is 0.0667. The second kappa shape index (κ2) is 11.0. The number of hydrogen-bond acceptors (Lipinski definition) is 2. The highest BCUT2D eigenvalue weighted by Gasteiger charge is 2.11. The number of carbonyl (C=O) groups excluding carboxylic acids is 1. The summed E-state index contributed by atoms with van der Waals surface area (Å²) in [6.07, 6.45) is 11.5. The van der Waals surface area contributed by atoms with E-state index in [1.54, 1.807) is 0 Å². The zero-order chi connectivity index (χ0) is 12.2. The molecule has 0 aliphatic carbocycles. The Hall–Kier alpha value is -0.530. The fraction of sp³-hybridized carbons (Fsp3) is 0.929. The molecule has 0 spiro atoms. The Labute approximate surface area is 101 Å². The highest BCUT2D eigenvalue weighted by molar-refractivity contribution is 5.71. The van der Waals surface area contributed by atoms with Crippen LogP contribution in [0.5, 0.6) is 0 Å². The Morgan fingerprint density at radius 3 is 2.00 bits per heavy atom. The summed E-state index contributed by atoms with van der Waals surface area (Å²) in [4.78, 5) is 11.1. The van der Waals surface area contributed by atoms with Crippen LogP contribution >= 0.6 is 0 Å². The molecule has 0 saturated carbocycles. The van der Waals surface area contributed by atoms with E-state index in [-0.39, 0.29) is 11.9 Å². The van der Waals surface area contributed by atoms with Crippen molar-refractivity contribution in [2.24, 2.45) is 5.92 Å². The third-order valence-corrected chi connectivity index (χ3v) is 3.09. The van der Waals surface area contributed by atoms with Crippen molar-refractivity contribution in [3.63, 3.8) is 0 Å². The highest BCUT2D eigenvalue weighted by atomic mass is 16.5. The Morgan fingerprint density at radius 2 is 1.50 bits per heavy atom. The van der Waals surface area contributed by atoms with Gasteiger partial charge in [0.1, 0.15) is 0 Å². The van der Waals surface area contributed by atoms with E-state index in [1.807, 2.05) is 6.92 Å². The summed E-state index contributed by atoms with van der Waals surface area (Å²) < 4.78 is 4.70. The molecule has 0 aliphatic rings. The lowest BCUT2D eigenvalue weighted by Gasteiger charge is -2.08. The number of rotatable bonds is 10. The van der Waals surface area contributed by atoms with Gasteiger partial charge in [0.25, 0.3) is 0 Å². The third-order valence-electron chi connectivity index (χ3n) is 3.09. The van der Waals surface area contributed by atoms with Crippen LogP contribution in [0.4, 0.5) is 0 Å². The van der Waals surface area contributed by atoms with Crippen molar-refractivity contribution in [1.82, 2.24) is 0 Å². The quantitative estimate of drug-likeness (QED) is 0.411. The van der Waals surface area contributed by atoms with Crippen LogP contribution in [0, 0.1) is 5.92 Å². The van der Waals surface area contributed by atoms with E-state index in [4.69, 9.17) is 4.74 Å². The van der Waals surface area contributed by atoms with Gasteiger partial charge in [-0.1, -0.05) is 65.2 Å². The fourth-order valence-electron chi connectivity index (χ4n) is 1.90. The van der Waals surface area contributed by atoms with Crippen LogP contribution in [0.15, 0.2) is 0 Å². The SMILES string of the molecule is CCCCCCCCCCC(C)C(=O)OC. The second-order valence-corrected chi connectivity index (χ2v) is 4.69. The smallest absolute Gasteiger partial charge is 0.308 e. The Bertz CT molecular complexity index is 166. The zero-order valence-corrected chi connectivity index (χ0v) is 11.3. The summed E-state index contributed by atoms with van der Waals surface area (Å²) in [5.41, 5.74) is 0. The van der Waals surface area contributed by atoms with Crippen molar-refractivity contribution in [1.29, 1.82) is 0 Å². The predicted octanol–water partition coefficient (Wildman–Crippen LogP) is 4.33. The Balaban J connectivity index is 3.17. The van der Waals surface area contributed by atoms with Crippen molar-refractivity contribution in [2.45, 2.75) is 71.6 Å². The molecular formula is C14H28O2. The van der Waals surface area contributed by atoms with Crippen LogP contribution < -0.4 is 0 Å². The van der Waals surface area contributed by atoms with E-state index in [1.165, 1.54) is 52.1 Å². The fourth-order valence-corrected chi connectivity index (χ4v) is 1.90. The lowest BCUT2D eigenvalue weighted by molar-refractivity contribution is -0.145. The van der Waals surface area contributed by atoms with Crippen molar-refractivity contribution >= 4 is 5.97 Å². The van der Waals surface area contributed by atoms with Crippen molar-refractivity contribution < 1.29 is 9.53 Å². The van der Waals surface area contributed by atoms with Gasteiger partial charge in [-0.25, -0.2) is 0 Å². The minimum atomic E-state index is -0.0667. The summed E-state index contributed by atoms with van der Waals surface area (Å²) in [6.45, 7) is 4.20. The number of esters is 1. The van der Waals surface area contributed by atoms with Gasteiger partial charge in [0.05, 0.1) is 13.0 Å². The number of carbonyl (C=O) groups is 1. The van der Waals surface area contributed by atoms with Gasteiger partial charge in [0.15, 0.2) is 0 Å². The molecule has 0 aromatic heterocycles. The molecule has 0 aromatic rings. The molecule has 1 unspecified atom stereocenters. The van der Waals surface area contributed by atoms with E-state index < -0.39 is 0 Å². The average molecular weight is 228 g/mol. The van der Waals surface area contributed by atoms with Crippen molar-refractivity contribution in [2.75, 3.05) is 7.11 Å². The summed E-state index contributed by atoms with van der Waals surface area (Å²) in [5.74, 6) is 0.00744. The maximum atomic E-state index is 11.1. The molecule has 0 heterocycles. The lowest BCUT2D eigenvalue weighted by Crippen LogP contribution is -2.12. The highest BCUT2D eigenvalue weighted by Crippen LogP contribution is 2.13. The average Bonchev–Trinajstić information content (AvgIpc) is 2.31. The van der Waals surface area contributed by atoms with E-state index in [9.17, 15) is 4.79 Å². The molecule has 0 aliphatic heterocycles. The van der Waals surface area contributed by atoms with Crippen LogP contribution in [0.3, 0.4) is 0 Å². The molecule has 1 atom stereocenters. The van der Waals surface area contributed by atoms with E-state index in [0.29, 0.717) is 0 Å². The molecule has 0 aromatic carbocycles. The van der Waals surface area contributed by atoms with Crippen LogP contribution in [-0.2, 0) is 9.53 Å². The molecule has 0 amide bonds. The van der Waals surface area contributed by atoms with E-state index >= 15 is 0 Å². The molecule has 0 saturated heterocycles. The monoisotopic (exact) mass is 228 g/mol. The molecule has 16 heavy (non-hydrogen) atoms. The van der Waals surface area contributed by atoms with Crippen LogP contribution in [0.1, 0.15) is 71.6 Å². The van der Waals surface area contributed by atoms with Crippen LogP contribution in [0.25, 0.3) is 0 Å². The van der Waals surface area contributed by atoms with Gasteiger partial charge in [-0.05, 0) is 6.42 Å². The minimum Gasteiger partial charge on any atom is -0.469 e. The van der Waals surface area contributed by atoms with Crippen LogP contribution in [-0.4, -0.2) is 13.1 Å². The van der Waals surface area contributed by atoms with E-state index in [0.717, 1.165) is 12.8 Å². The molecular weight excluding hydrogens is 200 g/mol. The molecule has 0 rings (SSSR count). The maximum absolute atomic E-state index is 11.1. The van der Waals surface area contributed by atoms with Crippen LogP contribution in [0.2, 0.25) is 0 Å². The predicted molar refractivity (Wildman–Crippen MR) is 68.4 cm³/mol. The molecule has 2 heteroatoms. The normalized spacial score (nSPS) is 12.4. The third kappa shape index (κ3) is 8.75. The van der Waals surface area contributed by atoms with Crippen molar-refractivity contribution in [3.8, 4) is 0 Å². The van der Waals surface area contributed by atoms with E-state index in [2.05, 4.69) is 6.92 Å². The summed E-state index contributed by atoms with van der Waals surface area (Å²) in [6, 6.07) is 0. The Morgan fingerprint density at radius 1 is 1.00 bits per heavy atom. The number of ether oxygens (including phenoxy) is 1. The first kappa shape index (κ1) is 15.5. The maximum Gasteiger partial charge on any atom is 0.308 e. The summed E-state index contributed by atoms with van der Waals surface area (Å²) in [7, 11) is 1.46. The molecule has 0 bridgehead atoms. The van der Waals surface area contributed by atoms with Gasteiger partial charge in [0.2, 0.25) is 0 Å². The van der Waals surface area contributed by atoms with Gasteiger partial charge < -0.3 is 4.74 Å². The number of methoxy groups -OCH3 is 1. The summed E-state index contributed by atoms with van der Waals surface area (Å²) >= 11 is 0.